The van der Waals surface area contributed by atoms with Gasteiger partial charge in [0, 0.05) is 22.0 Å². The van der Waals surface area contributed by atoms with Crippen LogP contribution in [0, 0.1) is 6.92 Å². The van der Waals surface area contributed by atoms with Crippen LogP contribution in [0.25, 0.3) is 11.3 Å². The van der Waals surface area contributed by atoms with Gasteiger partial charge in [0.2, 0.25) is 5.91 Å². The number of amides is 1. The maximum Gasteiger partial charge on any atom is 0.236 e. The second-order valence-electron chi connectivity index (χ2n) is 5.20. The first-order chi connectivity index (χ1) is 12.6. The molecule has 1 N–H and O–H groups in total. The van der Waals surface area contributed by atoms with E-state index in [4.69, 9.17) is 9.47 Å². The molecule has 3 aromatic rings. The molecule has 0 radical (unpaired) electrons. The number of benzene rings is 1. The van der Waals surface area contributed by atoms with Crippen LogP contribution >= 0.6 is 34.4 Å². The predicted molar refractivity (Wildman–Crippen MR) is 107 cm³/mol. The summed E-state index contributed by atoms with van der Waals surface area (Å²) < 4.78 is 11.5. The number of hydrogen-bond acceptors (Lipinski definition) is 8. The minimum absolute atomic E-state index is 0.101. The highest BCUT2D eigenvalue weighted by Gasteiger charge is 2.12. The zero-order chi connectivity index (χ0) is 18.5. The summed E-state index contributed by atoms with van der Waals surface area (Å²) in [5.74, 6) is 1.50. The van der Waals surface area contributed by atoms with Gasteiger partial charge >= 0.3 is 0 Å². The predicted octanol–water partition coefficient (Wildman–Crippen LogP) is 4.32. The van der Waals surface area contributed by atoms with E-state index < -0.39 is 0 Å². The minimum atomic E-state index is -0.101. The molecule has 0 atom stereocenters. The molecule has 0 bridgehead atoms. The number of aryl methyl sites for hydroxylation is 1. The Morgan fingerprint density at radius 2 is 1.96 bits per heavy atom. The Balaban J connectivity index is 1.63. The number of rotatable bonds is 7. The SMILES string of the molecule is COc1ccc(-c2csc(NC(=O)CSc3nc(C)cs3)n2)cc1OC. The number of nitrogens with zero attached hydrogens (tertiary/aromatic N) is 2. The zero-order valence-corrected chi connectivity index (χ0v) is 16.9. The number of carbonyl (C=O) groups is 1. The number of hydrogen-bond donors (Lipinski definition) is 1. The third kappa shape index (κ3) is 4.54. The normalized spacial score (nSPS) is 10.6. The molecule has 0 aliphatic heterocycles. The summed E-state index contributed by atoms with van der Waals surface area (Å²) in [6, 6.07) is 5.60. The van der Waals surface area contributed by atoms with Crippen LogP contribution in [-0.2, 0) is 4.79 Å². The molecule has 6 nitrogen and oxygen atoms in total. The molecule has 0 fully saturated rings. The van der Waals surface area contributed by atoms with Gasteiger partial charge < -0.3 is 14.8 Å². The van der Waals surface area contributed by atoms with Gasteiger partial charge in [-0.15, -0.1) is 22.7 Å². The molecule has 2 heterocycles. The van der Waals surface area contributed by atoms with Gasteiger partial charge in [0.15, 0.2) is 21.0 Å². The summed E-state index contributed by atoms with van der Waals surface area (Å²) in [4.78, 5) is 20.9. The van der Waals surface area contributed by atoms with Crippen molar-refractivity contribution in [3.63, 3.8) is 0 Å². The summed E-state index contributed by atoms with van der Waals surface area (Å²) in [6.45, 7) is 1.94. The van der Waals surface area contributed by atoms with E-state index in [1.807, 2.05) is 35.9 Å². The number of aromatic nitrogens is 2. The minimum Gasteiger partial charge on any atom is -0.493 e. The lowest BCUT2D eigenvalue weighted by molar-refractivity contribution is -0.113. The fourth-order valence-electron chi connectivity index (χ4n) is 2.14. The lowest BCUT2D eigenvalue weighted by atomic mass is 10.1. The van der Waals surface area contributed by atoms with Gasteiger partial charge in [0.05, 0.1) is 25.7 Å². The molecule has 0 unspecified atom stereocenters. The first-order valence-electron chi connectivity index (χ1n) is 7.61. The Labute approximate surface area is 163 Å². The van der Waals surface area contributed by atoms with Crippen LogP contribution in [0.5, 0.6) is 11.5 Å². The lowest BCUT2D eigenvalue weighted by Gasteiger charge is -2.08. The number of nitrogens with one attached hydrogen (secondary N) is 1. The average molecular weight is 408 g/mol. The molecule has 0 aliphatic rings. The fraction of sp³-hybridized carbons (Fsp3) is 0.235. The van der Waals surface area contributed by atoms with Gasteiger partial charge in [-0.05, 0) is 25.1 Å². The van der Waals surface area contributed by atoms with Crippen molar-refractivity contribution in [3.05, 3.63) is 34.7 Å². The Morgan fingerprint density at radius 3 is 2.65 bits per heavy atom. The molecule has 0 saturated heterocycles. The highest BCUT2D eigenvalue weighted by atomic mass is 32.2. The summed E-state index contributed by atoms with van der Waals surface area (Å²) in [6.07, 6.45) is 0. The molecule has 136 valence electrons. The second kappa shape index (κ2) is 8.52. The maximum atomic E-state index is 12.1. The van der Waals surface area contributed by atoms with Crippen LogP contribution in [0.3, 0.4) is 0 Å². The fourth-order valence-corrected chi connectivity index (χ4v) is 4.53. The van der Waals surface area contributed by atoms with E-state index in [2.05, 4.69) is 15.3 Å². The van der Waals surface area contributed by atoms with Crippen molar-refractivity contribution in [3.8, 4) is 22.8 Å². The van der Waals surface area contributed by atoms with E-state index in [0.717, 1.165) is 21.3 Å². The van der Waals surface area contributed by atoms with Crippen LogP contribution in [0.15, 0.2) is 33.3 Å². The zero-order valence-electron chi connectivity index (χ0n) is 14.4. The molecular formula is C17H17N3O3S3. The highest BCUT2D eigenvalue weighted by Crippen LogP contribution is 2.33. The molecule has 3 rings (SSSR count). The molecule has 0 saturated carbocycles. The standard InChI is InChI=1S/C17H17N3O3S3/c1-10-7-25-17(18-10)26-9-15(21)20-16-19-12(8-24-16)11-4-5-13(22-2)14(6-11)23-3/h4-8H,9H2,1-3H3,(H,19,20,21). The molecular weight excluding hydrogens is 390 g/mol. The van der Waals surface area contributed by atoms with Crippen LogP contribution in [0.1, 0.15) is 5.69 Å². The maximum absolute atomic E-state index is 12.1. The first kappa shape index (κ1) is 18.7. The highest BCUT2D eigenvalue weighted by molar-refractivity contribution is 8.01. The Morgan fingerprint density at radius 1 is 1.15 bits per heavy atom. The Kier molecular flexibility index (Phi) is 6.12. The van der Waals surface area contributed by atoms with Gasteiger partial charge in [-0.1, -0.05) is 11.8 Å². The van der Waals surface area contributed by atoms with Gasteiger partial charge in [-0.25, -0.2) is 9.97 Å². The Bertz CT molecular complexity index is 908. The smallest absolute Gasteiger partial charge is 0.236 e. The van der Waals surface area contributed by atoms with Crippen molar-refractivity contribution in [2.75, 3.05) is 25.3 Å². The van der Waals surface area contributed by atoms with Crippen LogP contribution in [0.2, 0.25) is 0 Å². The van der Waals surface area contributed by atoms with E-state index in [-0.39, 0.29) is 5.91 Å². The van der Waals surface area contributed by atoms with Crippen molar-refractivity contribution < 1.29 is 14.3 Å². The summed E-state index contributed by atoms with van der Waals surface area (Å²) in [5.41, 5.74) is 2.64. The molecule has 2 aromatic heterocycles. The summed E-state index contributed by atoms with van der Waals surface area (Å²) >= 11 is 4.35. The van der Waals surface area contributed by atoms with E-state index >= 15 is 0 Å². The quantitative estimate of drug-likeness (QED) is 0.588. The number of anilines is 1. The third-order valence-corrected chi connectivity index (χ3v) is 6.25. The molecule has 0 aliphatic carbocycles. The molecule has 1 amide bonds. The van der Waals surface area contributed by atoms with Crippen molar-refractivity contribution in [2.45, 2.75) is 11.3 Å². The van der Waals surface area contributed by atoms with Gasteiger partial charge in [0.25, 0.3) is 0 Å². The summed E-state index contributed by atoms with van der Waals surface area (Å²) in [5, 5.41) is 7.26. The van der Waals surface area contributed by atoms with E-state index in [9.17, 15) is 4.79 Å². The molecule has 9 heteroatoms. The summed E-state index contributed by atoms with van der Waals surface area (Å²) in [7, 11) is 3.19. The number of thioether (sulfide) groups is 1. The number of ether oxygens (including phenoxy) is 2. The molecule has 1 aromatic carbocycles. The number of thiazole rings is 2. The van der Waals surface area contributed by atoms with Crippen molar-refractivity contribution >= 4 is 45.5 Å². The lowest BCUT2D eigenvalue weighted by Crippen LogP contribution is -2.13. The second-order valence-corrected chi connectivity index (χ2v) is 8.14. The van der Waals surface area contributed by atoms with Crippen LogP contribution in [0.4, 0.5) is 5.13 Å². The number of methoxy groups -OCH3 is 2. The van der Waals surface area contributed by atoms with E-state index in [1.54, 1.807) is 25.6 Å². The van der Waals surface area contributed by atoms with Gasteiger partial charge in [-0.3, -0.25) is 4.79 Å². The third-order valence-electron chi connectivity index (χ3n) is 3.35. The largest absolute Gasteiger partial charge is 0.493 e. The number of carbonyl (C=O) groups excluding carboxylic acids is 1. The van der Waals surface area contributed by atoms with Crippen LogP contribution in [-0.4, -0.2) is 35.8 Å². The van der Waals surface area contributed by atoms with Crippen molar-refractivity contribution in [1.29, 1.82) is 0 Å². The van der Waals surface area contributed by atoms with E-state index in [1.165, 1.54) is 23.1 Å². The van der Waals surface area contributed by atoms with Crippen molar-refractivity contribution in [1.82, 2.24) is 9.97 Å². The van der Waals surface area contributed by atoms with Crippen molar-refractivity contribution in [2.24, 2.45) is 0 Å². The van der Waals surface area contributed by atoms with Gasteiger partial charge in [-0.2, -0.15) is 0 Å². The topological polar surface area (TPSA) is 73.3 Å². The Hall–Kier alpha value is -2.10. The molecule has 0 spiro atoms. The van der Waals surface area contributed by atoms with E-state index in [0.29, 0.717) is 22.4 Å². The average Bonchev–Trinajstić information content (AvgIpc) is 3.28. The molecule has 26 heavy (non-hydrogen) atoms. The first-order valence-corrected chi connectivity index (χ1v) is 10.4. The van der Waals surface area contributed by atoms with Gasteiger partial charge in [0.1, 0.15) is 0 Å². The monoisotopic (exact) mass is 407 g/mol. The van der Waals surface area contributed by atoms with Crippen LogP contribution < -0.4 is 14.8 Å².